The molecule has 0 N–H and O–H groups in total. The lowest BCUT2D eigenvalue weighted by Crippen LogP contribution is -2.31. The highest BCUT2D eigenvalue weighted by atomic mass is 35.5. The van der Waals surface area contributed by atoms with Crippen molar-refractivity contribution in [3.63, 3.8) is 0 Å². The van der Waals surface area contributed by atoms with E-state index in [2.05, 4.69) is 28.1 Å². The molecule has 0 fully saturated rings. The van der Waals surface area contributed by atoms with Crippen LogP contribution in [0.25, 0.3) is 0 Å². The van der Waals surface area contributed by atoms with E-state index in [1.165, 1.54) is 5.56 Å². The molecule has 0 aliphatic rings. The predicted octanol–water partition coefficient (Wildman–Crippen LogP) is 3.29. The third-order valence-corrected chi connectivity index (χ3v) is 3.85. The second-order valence-corrected chi connectivity index (χ2v) is 5.26. The fourth-order valence-electron chi connectivity index (χ4n) is 2.16. The lowest BCUT2D eigenvalue weighted by molar-refractivity contribution is 0.408. The van der Waals surface area contributed by atoms with Crippen LogP contribution in [0.5, 0.6) is 5.75 Å². The van der Waals surface area contributed by atoms with Crippen LogP contribution in [0, 0.1) is 0 Å². The molecule has 2 aromatic rings. The van der Waals surface area contributed by atoms with Crippen LogP contribution in [0.4, 0.5) is 5.82 Å². The van der Waals surface area contributed by atoms with Crippen molar-refractivity contribution >= 4 is 17.4 Å². The van der Waals surface area contributed by atoms with E-state index in [4.69, 9.17) is 16.3 Å². The SMILES string of the molecule is COc1ccccc1CC(C)N(C)c1ccc(CCl)nn1. The molecule has 0 spiro atoms. The molecule has 1 aromatic heterocycles. The van der Waals surface area contributed by atoms with Gasteiger partial charge in [0.25, 0.3) is 0 Å². The molecular weight excluding hydrogens is 286 g/mol. The molecule has 1 atom stereocenters. The predicted molar refractivity (Wildman–Crippen MR) is 86.2 cm³/mol. The van der Waals surface area contributed by atoms with E-state index in [1.807, 2.05) is 37.4 Å². The molecule has 21 heavy (non-hydrogen) atoms. The van der Waals surface area contributed by atoms with Crippen LogP contribution in [-0.2, 0) is 12.3 Å². The number of hydrogen-bond acceptors (Lipinski definition) is 4. The monoisotopic (exact) mass is 305 g/mol. The first-order valence-electron chi connectivity index (χ1n) is 6.89. The maximum Gasteiger partial charge on any atom is 0.151 e. The Morgan fingerprint density at radius 1 is 1.19 bits per heavy atom. The molecule has 1 heterocycles. The van der Waals surface area contributed by atoms with Crippen molar-refractivity contribution in [1.82, 2.24) is 10.2 Å². The molecule has 0 aliphatic heterocycles. The first-order valence-corrected chi connectivity index (χ1v) is 7.42. The lowest BCUT2D eigenvalue weighted by Gasteiger charge is -2.26. The Morgan fingerprint density at radius 3 is 2.57 bits per heavy atom. The summed E-state index contributed by atoms with van der Waals surface area (Å²) in [6.45, 7) is 2.16. The number of hydrogen-bond donors (Lipinski definition) is 0. The van der Waals surface area contributed by atoms with Crippen molar-refractivity contribution in [3.05, 3.63) is 47.7 Å². The molecule has 0 bridgehead atoms. The van der Waals surface area contributed by atoms with Crippen molar-refractivity contribution in [1.29, 1.82) is 0 Å². The minimum atomic E-state index is 0.275. The van der Waals surface area contributed by atoms with Gasteiger partial charge in [0.1, 0.15) is 5.75 Å². The molecule has 0 saturated carbocycles. The van der Waals surface area contributed by atoms with Gasteiger partial charge < -0.3 is 9.64 Å². The van der Waals surface area contributed by atoms with E-state index in [1.54, 1.807) is 7.11 Å². The normalized spacial score (nSPS) is 12.0. The number of rotatable bonds is 6. The van der Waals surface area contributed by atoms with Crippen molar-refractivity contribution in [2.75, 3.05) is 19.1 Å². The number of aromatic nitrogens is 2. The summed E-state index contributed by atoms with van der Waals surface area (Å²) in [5.41, 5.74) is 1.97. The fourth-order valence-corrected chi connectivity index (χ4v) is 2.31. The van der Waals surface area contributed by atoms with Crippen molar-refractivity contribution in [2.45, 2.75) is 25.3 Å². The van der Waals surface area contributed by atoms with Crippen LogP contribution in [0.1, 0.15) is 18.2 Å². The van der Waals surface area contributed by atoms with Gasteiger partial charge in [-0.2, -0.15) is 5.10 Å². The fraction of sp³-hybridized carbons (Fsp3) is 0.375. The number of para-hydroxylation sites is 1. The molecule has 0 saturated heterocycles. The highest BCUT2D eigenvalue weighted by Crippen LogP contribution is 2.21. The summed E-state index contributed by atoms with van der Waals surface area (Å²) >= 11 is 5.73. The van der Waals surface area contributed by atoms with Crippen LogP contribution in [0.2, 0.25) is 0 Å². The minimum Gasteiger partial charge on any atom is -0.496 e. The van der Waals surface area contributed by atoms with Crippen LogP contribution in [-0.4, -0.2) is 30.4 Å². The Kier molecular flexibility index (Phi) is 5.39. The maximum atomic E-state index is 5.73. The third kappa shape index (κ3) is 3.85. The van der Waals surface area contributed by atoms with E-state index < -0.39 is 0 Å². The second-order valence-electron chi connectivity index (χ2n) is 4.99. The van der Waals surface area contributed by atoms with Gasteiger partial charge in [0.2, 0.25) is 0 Å². The van der Waals surface area contributed by atoms with Crippen molar-refractivity contribution < 1.29 is 4.74 Å². The summed E-state index contributed by atoms with van der Waals surface area (Å²) in [7, 11) is 3.72. The topological polar surface area (TPSA) is 38.2 Å². The zero-order valence-corrected chi connectivity index (χ0v) is 13.3. The number of likely N-dealkylation sites (N-methyl/N-ethyl adjacent to an activating group) is 1. The van der Waals surface area contributed by atoms with Crippen molar-refractivity contribution in [3.8, 4) is 5.75 Å². The highest BCUT2D eigenvalue weighted by Gasteiger charge is 2.14. The quantitative estimate of drug-likeness (QED) is 0.768. The van der Waals surface area contributed by atoms with E-state index >= 15 is 0 Å². The lowest BCUT2D eigenvalue weighted by atomic mass is 10.1. The number of halogens is 1. The Hall–Kier alpha value is -1.81. The molecule has 1 aromatic carbocycles. The Bertz CT molecular complexity index is 574. The van der Waals surface area contributed by atoms with Gasteiger partial charge in [-0.25, -0.2) is 0 Å². The summed E-state index contributed by atoms with van der Waals surface area (Å²) in [5, 5.41) is 8.31. The van der Waals surface area contributed by atoms with Gasteiger partial charge >= 0.3 is 0 Å². The van der Waals surface area contributed by atoms with Crippen LogP contribution >= 0.6 is 11.6 Å². The van der Waals surface area contributed by atoms with E-state index in [0.717, 1.165) is 23.7 Å². The minimum absolute atomic E-state index is 0.275. The van der Waals surface area contributed by atoms with Gasteiger partial charge in [-0.1, -0.05) is 18.2 Å². The van der Waals surface area contributed by atoms with Gasteiger partial charge in [-0.05, 0) is 37.1 Å². The zero-order valence-electron chi connectivity index (χ0n) is 12.6. The number of nitrogens with zero attached hydrogens (tertiary/aromatic N) is 3. The number of alkyl halides is 1. The zero-order chi connectivity index (χ0) is 15.2. The molecule has 0 amide bonds. The van der Waals surface area contributed by atoms with Gasteiger partial charge in [0.05, 0.1) is 18.7 Å². The molecule has 1 unspecified atom stereocenters. The average molecular weight is 306 g/mol. The number of ether oxygens (including phenoxy) is 1. The third-order valence-electron chi connectivity index (χ3n) is 3.57. The van der Waals surface area contributed by atoms with Gasteiger partial charge in [-0.15, -0.1) is 16.7 Å². The molecule has 5 heteroatoms. The highest BCUT2D eigenvalue weighted by molar-refractivity contribution is 6.16. The van der Waals surface area contributed by atoms with E-state index in [-0.39, 0.29) is 6.04 Å². The molecule has 4 nitrogen and oxygen atoms in total. The number of methoxy groups -OCH3 is 1. The number of benzene rings is 1. The van der Waals surface area contributed by atoms with Crippen LogP contribution < -0.4 is 9.64 Å². The molecule has 112 valence electrons. The second kappa shape index (κ2) is 7.27. The number of anilines is 1. The van der Waals surface area contributed by atoms with Crippen LogP contribution in [0.3, 0.4) is 0 Å². The molecule has 0 radical (unpaired) electrons. The smallest absolute Gasteiger partial charge is 0.151 e. The van der Waals surface area contributed by atoms with Gasteiger partial charge in [0.15, 0.2) is 5.82 Å². The summed E-state index contributed by atoms with van der Waals surface area (Å²) in [6.07, 6.45) is 0.874. The first kappa shape index (κ1) is 15.6. The first-order chi connectivity index (χ1) is 10.2. The standard InChI is InChI=1S/C16H20ClN3O/c1-12(10-13-6-4-5-7-15(13)21-3)20(2)16-9-8-14(11-17)18-19-16/h4-9,12H,10-11H2,1-3H3. The Balaban J connectivity index is 2.09. The van der Waals surface area contributed by atoms with Crippen molar-refractivity contribution in [2.24, 2.45) is 0 Å². The van der Waals surface area contributed by atoms with E-state index in [9.17, 15) is 0 Å². The summed E-state index contributed by atoms with van der Waals surface area (Å²) < 4.78 is 5.40. The Morgan fingerprint density at radius 2 is 1.95 bits per heavy atom. The van der Waals surface area contributed by atoms with E-state index in [0.29, 0.717) is 5.88 Å². The van der Waals surface area contributed by atoms with Gasteiger partial charge in [-0.3, -0.25) is 0 Å². The maximum absolute atomic E-state index is 5.73. The largest absolute Gasteiger partial charge is 0.496 e. The molecule has 2 rings (SSSR count). The molecule has 0 aliphatic carbocycles. The summed E-state index contributed by atoms with van der Waals surface area (Å²) in [5.74, 6) is 2.14. The average Bonchev–Trinajstić information content (AvgIpc) is 2.54. The Labute approximate surface area is 130 Å². The molecular formula is C16H20ClN3O. The summed E-state index contributed by atoms with van der Waals surface area (Å²) in [4.78, 5) is 2.11. The summed E-state index contributed by atoms with van der Waals surface area (Å²) in [6, 6.07) is 12.2. The van der Waals surface area contributed by atoms with Crippen LogP contribution in [0.15, 0.2) is 36.4 Å². The van der Waals surface area contributed by atoms with Gasteiger partial charge in [0, 0.05) is 13.1 Å².